The first kappa shape index (κ1) is 17.3. The molecule has 6 heteroatoms. The maximum atomic E-state index is 12.0. The molecule has 0 spiro atoms. The van der Waals surface area contributed by atoms with Gasteiger partial charge in [-0.25, -0.2) is 0 Å². The van der Waals surface area contributed by atoms with Crippen LogP contribution >= 0.6 is 23.2 Å². The average molecular weight is 297 g/mol. The van der Waals surface area contributed by atoms with Crippen LogP contribution in [0.3, 0.4) is 0 Å². The third-order valence-electron chi connectivity index (χ3n) is 2.52. The molecule has 0 fully saturated rings. The van der Waals surface area contributed by atoms with Crippen LogP contribution in [0.2, 0.25) is 0 Å². The minimum atomic E-state index is -1.42. The van der Waals surface area contributed by atoms with Crippen molar-refractivity contribution in [1.29, 1.82) is 0 Å². The maximum Gasteiger partial charge on any atom is 0.323 e. The fraction of sp³-hybridized carbons (Fsp3) is 0.667. The van der Waals surface area contributed by atoms with E-state index in [9.17, 15) is 9.59 Å². The van der Waals surface area contributed by atoms with E-state index in [2.05, 4.69) is 0 Å². The van der Waals surface area contributed by atoms with Crippen molar-refractivity contribution in [1.82, 2.24) is 0 Å². The lowest BCUT2D eigenvalue weighted by atomic mass is 9.81. The van der Waals surface area contributed by atoms with Gasteiger partial charge in [0.25, 0.3) is 0 Å². The molecule has 0 aliphatic heterocycles. The summed E-state index contributed by atoms with van der Waals surface area (Å²) >= 11 is 11.3. The molecule has 0 saturated carbocycles. The zero-order valence-electron chi connectivity index (χ0n) is 10.8. The molecule has 0 bridgehead atoms. The number of carbonyl (C=O) groups is 2. The SMILES string of the molecule is CCOC(=O)C(CC)(C/C(Cl)=C\Cl)C(=O)OCC. The van der Waals surface area contributed by atoms with E-state index in [-0.39, 0.29) is 31.1 Å². The molecule has 0 aromatic rings. The van der Waals surface area contributed by atoms with Crippen molar-refractivity contribution in [3.63, 3.8) is 0 Å². The zero-order valence-corrected chi connectivity index (χ0v) is 12.3. The highest BCUT2D eigenvalue weighted by atomic mass is 35.5. The molecule has 0 amide bonds. The van der Waals surface area contributed by atoms with E-state index in [0.717, 1.165) is 5.54 Å². The molecule has 0 N–H and O–H groups in total. The van der Waals surface area contributed by atoms with Crippen LogP contribution in [0.25, 0.3) is 0 Å². The fourth-order valence-electron chi connectivity index (χ4n) is 1.51. The van der Waals surface area contributed by atoms with Gasteiger partial charge in [-0.15, -0.1) is 0 Å². The third kappa shape index (κ3) is 4.18. The van der Waals surface area contributed by atoms with Gasteiger partial charge in [0.15, 0.2) is 5.41 Å². The number of carbonyl (C=O) groups excluding carboxylic acids is 2. The van der Waals surface area contributed by atoms with Crippen LogP contribution in [0.5, 0.6) is 0 Å². The monoisotopic (exact) mass is 296 g/mol. The van der Waals surface area contributed by atoms with Crippen LogP contribution < -0.4 is 0 Å². The molecule has 0 aliphatic rings. The lowest BCUT2D eigenvalue weighted by molar-refractivity contribution is -0.172. The van der Waals surface area contributed by atoms with E-state index in [1.807, 2.05) is 0 Å². The van der Waals surface area contributed by atoms with Crippen LogP contribution in [0, 0.1) is 5.41 Å². The van der Waals surface area contributed by atoms with E-state index < -0.39 is 17.4 Å². The molecular weight excluding hydrogens is 279 g/mol. The van der Waals surface area contributed by atoms with Crippen LogP contribution in [-0.4, -0.2) is 25.2 Å². The van der Waals surface area contributed by atoms with E-state index in [1.165, 1.54) is 0 Å². The van der Waals surface area contributed by atoms with Gasteiger partial charge in [-0.1, -0.05) is 30.1 Å². The lowest BCUT2D eigenvalue weighted by Gasteiger charge is -2.27. The van der Waals surface area contributed by atoms with Gasteiger partial charge < -0.3 is 9.47 Å². The van der Waals surface area contributed by atoms with Crippen molar-refractivity contribution in [2.75, 3.05) is 13.2 Å². The number of esters is 2. The summed E-state index contributed by atoms with van der Waals surface area (Å²) in [6.45, 7) is 5.40. The fourth-order valence-corrected chi connectivity index (χ4v) is 1.81. The molecule has 104 valence electrons. The second-order valence-corrected chi connectivity index (χ2v) is 4.31. The Labute approximate surface area is 117 Å². The molecule has 0 radical (unpaired) electrons. The highest BCUT2D eigenvalue weighted by Crippen LogP contribution is 2.35. The van der Waals surface area contributed by atoms with Gasteiger partial charge in [0.1, 0.15) is 0 Å². The number of rotatable bonds is 7. The zero-order chi connectivity index (χ0) is 14.2. The Morgan fingerprint density at radius 1 is 1.11 bits per heavy atom. The summed E-state index contributed by atoms with van der Waals surface area (Å²) < 4.78 is 9.88. The largest absolute Gasteiger partial charge is 0.465 e. The van der Waals surface area contributed by atoms with E-state index in [1.54, 1.807) is 20.8 Å². The summed E-state index contributed by atoms with van der Waals surface area (Å²) in [4.78, 5) is 24.0. The second-order valence-electron chi connectivity index (χ2n) is 3.61. The smallest absolute Gasteiger partial charge is 0.323 e. The second kappa shape index (κ2) is 8.38. The quantitative estimate of drug-likeness (QED) is 0.535. The lowest BCUT2D eigenvalue weighted by Crippen LogP contribution is -2.41. The molecule has 0 unspecified atom stereocenters. The maximum absolute atomic E-state index is 12.0. The molecular formula is C12H18Cl2O4. The molecule has 0 aromatic carbocycles. The molecule has 0 rings (SSSR count). The third-order valence-corrected chi connectivity index (χ3v) is 3.14. The Balaban J connectivity index is 5.31. The summed E-state index contributed by atoms with van der Waals surface area (Å²) in [6, 6.07) is 0. The highest BCUT2D eigenvalue weighted by molar-refractivity contribution is 6.36. The molecule has 4 nitrogen and oxygen atoms in total. The normalized spacial score (nSPS) is 12.2. The van der Waals surface area contributed by atoms with Crippen molar-refractivity contribution in [2.45, 2.75) is 33.6 Å². The van der Waals surface area contributed by atoms with Crippen LogP contribution in [-0.2, 0) is 19.1 Å². The number of hydrogen-bond donors (Lipinski definition) is 0. The van der Waals surface area contributed by atoms with Crippen molar-refractivity contribution >= 4 is 35.1 Å². The summed E-state index contributed by atoms with van der Waals surface area (Å²) in [7, 11) is 0. The minimum absolute atomic E-state index is 0.0216. The summed E-state index contributed by atoms with van der Waals surface area (Å²) in [6.07, 6.45) is 0.206. The van der Waals surface area contributed by atoms with Gasteiger partial charge in [0.05, 0.1) is 13.2 Å². The number of halogens is 2. The summed E-state index contributed by atoms with van der Waals surface area (Å²) in [5, 5.41) is 0.208. The van der Waals surface area contributed by atoms with Gasteiger partial charge in [-0.3, -0.25) is 9.59 Å². The predicted molar refractivity (Wildman–Crippen MR) is 70.4 cm³/mol. The Kier molecular flexibility index (Phi) is 8.03. The van der Waals surface area contributed by atoms with Crippen molar-refractivity contribution in [3.05, 3.63) is 10.6 Å². The van der Waals surface area contributed by atoms with Gasteiger partial charge in [0.2, 0.25) is 0 Å². The molecule has 0 saturated heterocycles. The Morgan fingerprint density at radius 2 is 1.56 bits per heavy atom. The molecule has 0 aromatic heterocycles. The van der Waals surface area contributed by atoms with Crippen molar-refractivity contribution < 1.29 is 19.1 Å². The van der Waals surface area contributed by atoms with Crippen molar-refractivity contribution in [3.8, 4) is 0 Å². The van der Waals surface area contributed by atoms with Gasteiger partial charge in [0, 0.05) is 17.0 Å². The topological polar surface area (TPSA) is 52.6 Å². The Hall–Kier alpha value is -0.740. The standard InChI is InChI=1S/C12H18Cl2O4/c1-4-12(7-9(14)8-13,10(15)17-5-2)11(16)18-6-3/h8H,4-7H2,1-3H3/b9-8+. The molecule has 18 heavy (non-hydrogen) atoms. The van der Waals surface area contributed by atoms with E-state index in [0.29, 0.717) is 0 Å². The first-order valence-electron chi connectivity index (χ1n) is 5.77. The molecule has 0 aliphatic carbocycles. The number of hydrogen-bond acceptors (Lipinski definition) is 4. The summed E-state index contributed by atoms with van der Waals surface area (Å²) in [5.74, 6) is -1.27. The molecule has 0 heterocycles. The van der Waals surface area contributed by atoms with E-state index in [4.69, 9.17) is 32.7 Å². The van der Waals surface area contributed by atoms with Gasteiger partial charge in [-0.05, 0) is 20.3 Å². The minimum Gasteiger partial charge on any atom is -0.465 e. The first-order valence-corrected chi connectivity index (χ1v) is 6.59. The van der Waals surface area contributed by atoms with Crippen molar-refractivity contribution in [2.24, 2.45) is 5.41 Å². The summed E-state index contributed by atoms with van der Waals surface area (Å²) in [5.41, 5.74) is -0.293. The van der Waals surface area contributed by atoms with E-state index >= 15 is 0 Å². The Morgan fingerprint density at radius 3 is 1.83 bits per heavy atom. The first-order chi connectivity index (χ1) is 8.48. The van der Waals surface area contributed by atoms with Gasteiger partial charge in [-0.2, -0.15) is 0 Å². The Bertz CT molecular complexity index is 308. The number of ether oxygens (including phenoxy) is 2. The number of allylic oxidation sites excluding steroid dienone is 1. The highest BCUT2D eigenvalue weighted by Gasteiger charge is 2.47. The average Bonchev–Trinajstić information content (AvgIpc) is 2.36. The molecule has 0 atom stereocenters. The van der Waals surface area contributed by atoms with Crippen LogP contribution in [0.4, 0.5) is 0 Å². The van der Waals surface area contributed by atoms with Crippen LogP contribution in [0.1, 0.15) is 33.6 Å². The van der Waals surface area contributed by atoms with Gasteiger partial charge >= 0.3 is 11.9 Å². The van der Waals surface area contributed by atoms with Crippen LogP contribution in [0.15, 0.2) is 10.6 Å². The predicted octanol–water partition coefficient (Wildman–Crippen LogP) is 3.22.